The Hall–Kier alpha value is -2.55. The number of imidazole rings is 1. The van der Waals surface area contributed by atoms with Gasteiger partial charge in [-0.05, 0) is 36.4 Å². The lowest BCUT2D eigenvalue weighted by Crippen LogP contribution is -1.84. The summed E-state index contributed by atoms with van der Waals surface area (Å²) >= 11 is 0. The highest BCUT2D eigenvalue weighted by Crippen LogP contribution is 2.23. The van der Waals surface area contributed by atoms with Crippen LogP contribution in [0.25, 0.3) is 11.4 Å². The molecule has 0 atom stereocenters. The van der Waals surface area contributed by atoms with Crippen molar-refractivity contribution in [2.24, 2.45) is 0 Å². The van der Waals surface area contributed by atoms with Crippen LogP contribution in [0, 0.1) is 0 Å². The molecule has 3 heteroatoms. The number of nitrogens with zero attached hydrogens (tertiary/aromatic N) is 1. The first-order chi connectivity index (χ1) is 8.92. The summed E-state index contributed by atoms with van der Waals surface area (Å²) in [6.07, 6.45) is 3.55. The van der Waals surface area contributed by atoms with Crippen LogP contribution in [0.15, 0.2) is 67.0 Å². The topological polar surface area (TPSA) is 37.9 Å². The van der Waals surface area contributed by atoms with Gasteiger partial charge in [0.25, 0.3) is 0 Å². The van der Waals surface area contributed by atoms with E-state index >= 15 is 0 Å². The van der Waals surface area contributed by atoms with Crippen molar-refractivity contribution in [1.82, 2.24) is 9.97 Å². The highest BCUT2D eigenvalue weighted by Gasteiger charge is 2.00. The maximum Gasteiger partial charge on any atom is 0.137 e. The Morgan fingerprint density at radius 1 is 0.833 bits per heavy atom. The molecular formula is C15H12N2O. The van der Waals surface area contributed by atoms with Crippen molar-refractivity contribution >= 4 is 0 Å². The number of hydrogen-bond acceptors (Lipinski definition) is 2. The summed E-state index contributed by atoms with van der Waals surface area (Å²) in [6, 6.07) is 17.6. The molecule has 3 aromatic rings. The average molecular weight is 236 g/mol. The minimum absolute atomic E-state index is 0.816. The Morgan fingerprint density at radius 3 is 2.22 bits per heavy atom. The molecule has 0 bridgehead atoms. The zero-order valence-electron chi connectivity index (χ0n) is 9.71. The second kappa shape index (κ2) is 4.75. The van der Waals surface area contributed by atoms with Gasteiger partial charge in [-0.1, -0.05) is 18.2 Å². The molecule has 0 aliphatic carbocycles. The molecule has 88 valence electrons. The number of aromatic amines is 1. The third-order valence-corrected chi connectivity index (χ3v) is 2.60. The van der Waals surface area contributed by atoms with Crippen molar-refractivity contribution in [3.63, 3.8) is 0 Å². The van der Waals surface area contributed by atoms with Crippen molar-refractivity contribution in [1.29, 1.82) is 0 Å². The minimum Gasteiger partial charge on any atom is -0.457 e. The van der Waals surface area contributed by atoms with E-state index in [4.69, 9.17) is 4.74 Å². The summed E-state index contributed by atoms with van der Waals surface area (Å²) in [5, 5.41) is 0. The number of aromatic nitrogens is 2. The molecular weight excluding hydrogens is 224 g/mol. The van der Waals surface area contributed by atoms with E-state index in [0.29, 0.717) is 0 Å². The quantitative estimate of drug-likeness (QED) is 0.749. The van der Waals surface area contributed by atoms with Crippen LogP contribution >= 0.6 is 0 Å². The lowest BCUT2D eigenvalue weighted by molar-refractivity contribution is 0.483. The fraction of sp³-hybridized carbons (Fsp3) is 0. The van der Waals surface area contributed by atoms with Crippen LogP contribution in [0.2, 0.25) is 0 Å². The Morgan fingerprint density at radius 2 is 1.56 bits per heavy atom. The van der Waals surface area contributed by atoms with Gasteiger partial charge in [-0.2, -0.15) is 0 Å². The summed E-state index contributed by atoms with van der Waals surface area (Å²) in [7, 11) is 0. The number of H-pyrrole nitrogens is 1. The van der Waals surface area contributed by atoms with Gasteiger partial charge in [-0.3, -0.25) is 0 Å². The predicted molar refractivity (Wildman–Crippen MR) is 70.5 cm³/mol. The zero-order chi connectivity index (χ0) is 12.2. The number of hydrogen-bond donors (Lipinski definition) is 1. The highest BCUT2D eigenvalue weighted by molar-refractivity contribution is 5.56. The van der Waals surface area contributed by atoms with E-state index in [0.717, 1.165) is 22.9 Å². The summed E-state index contributed by atoms with van der Waals surface area (Å²) in [4.78, 5) is 7.27. The molecule has 3 nitrogen and oxygen atoms in total. The van der Waals surface area contributed by atoms with Gasteiger partial charge in [-0.25, -0.2) is 4.98 Å². The van der Waals surface area contributed by atoms with Crippen LogP contribution in [0.1, 0.15) is 0 Å². The van der Waals surface area contributed by atoms with E-state index < -0.39 is 0 Å². The van der Waals surface area contributed by atoms with Gasteiger partial charge in [0.15, 0.2) is 0 Å². The lowest BCUT2D eigenvalue weighted by Gasteiger charge is -2.05. The molecule has 0 unspecified atom stereocenters. The largest absolute Gasteiger partial charge is 0.457 e. The fourth-order valence-corrected chi connectivity index (χ4v) is 1.73. The van der Waals surface area contributed by atoms with E-state index in [1.54, 1.807) is 6.20 Å². The predicted octanol–water partition coefficient (Wildman–Crippen LogP) is 3.87. The number of benzene rings is 2. The van der Waals surface area contributed by atoms with Crippen molar-refractivity contribution in [2.75, 3.05) is 0 Å². The standard InChI is InChI=1S/C15H12N2O/c1-2-4-13(5-3-1)18-14-8-6-12(7-9-14)15-16-10-11-17-15/h1-11H,(H,16,17). The molecule has 0 saturated heterocycles. The molecule has 0 radical (unpaired) electrons. The number of nitrogens with one attached hydrogen (secondary N) is 1. The van der Waals surface area contributed by atoms with E-state index in [9.17, 15) is 0 Å². The molecule has 2 aromatic carbocycles. The molecule has 3 rings (SSSR count). The maximum atomic E-state index is 5.72. The number of rotatable bonds is 3. The zero-order valence-corrected chi connectivity index (χ0v) is 9.71. The molecule has 0 fully saturated rings. The van der Waals surface area contributed by atoms with Gasteiger partial charge in [0.2, 0.25) is 0 Å². The van der Waals surface area contributed by atoms with E-state index in [1.165, 1.54) is 0 Å². The first-order valence-corrected chi connectivity index (χ1v) is 5.74. The molecule has 0 aliphatic rings. The van der Waals surface area contributed by atoms with E-state index in [1.807, 2.05) is 60.8 Å². The maximum absolute atomic E-state index is 5.72. The van der Waals surface area contributed by atoms with Gasteiger partial charge < -0.3 is 9.72 Å². The summed E-state index contributed by atoms with van der Waals surface area (Å²) in [5.74, 6) is 2.51. The summed E-state index contributed by atoms with van der Waals surface area (Å²) in [6.45, 7) is 0. The monoisotopic (exact) mass is 236 g/mol. The highest BCUT2D eigenvalue weighted by atomic mass is 16.5. The summed E-state index contributed by atoms with van der Waals surface area (Å²) in [5.41, 5.74) is 1.04. The van der Waals surface area contributed by atoms with Gasteiger partial charge in [0, 0.05) is 18.0 Å². The third kappa shape index (κ3) is 2.25. The van der Waals surface area contributed by atoms with Crippen LogP contribution in [-0.2, 0) is 0 Å². The second-order valence-electron chi connectivity index (χ2n) is 3.88. The Balaban J connectivity index is 1.80. The first-order valence-electron chi connectivity index (χ1n) is 5.74. The first kappa shape index (κ1) is 10.6. The number of para-hydroxylation sites is 1. The van der Waals surface area contributed by atoms with Crippen molar-refractivity contribution < 1.29 is 4.74 Å². The van der Waals surface area contributed by atoms with Crippen LogP contribution in [-0.4, -0.2) is 9.97 Å². The normalized spacial score (nSPS) is 10.2. The van der Waals surface area contributed by atoms with Gasteiger partial charge in [-0.15, -0.1) is 0 Å². The van der Waals surface area contributed by atoms with E-state index in [-0.39, 0.29) is 0 Å². The smallest absolute Gasteiger partial charge is 0.137 e. The molecule has 1 N–H and O–H groups in total. The van der Waals surface area contributed by atoms with Crippen molar-refractivity contribution in [3.8, 4) is 22.9 Å². The van der Waals surface area contributed by atoms with Crippen LogP contribution in [0.4, 0.5) is 0 Å². The Kier molecular flexibility index (Phi) is 2.80. The minimum atomic E-state index is 0.816. The SMILES string of the molecule is c1ccc(Oc2ccc(-c3ncc[nH]3)cc2)cc1. The van der Waals surface area contributed by atoms with E-state index in [2.05, 4.69) is 9.97 Å². The average Bonchev–Trinajstić information content (AvgIpc) is 2.95. The third-order valence-electron chi connectivity index (χ3n) is 2.60. The Labute approximate surface area is 105 Å². The second-order valence-corrected chi connectivity index (χ2v) is 3.88. The molecule has 0 amide bonds. The van der Waals surface area contributed by atoms with Crippen LogP contribution in [0.3, 0.4) is 0 Å². The molecule has 0 spiro atoms. The summed E-state index contributed by atoms with van der Waals surface area (Å²) < 4.78 is 5.72. The molecule has 1 heterocycles. The van der Waals surface area contributed by atoms with Gasteiger partial charge in [0.1, 0.15) is 17.3 Å². The van der Waals surface area contributed by atoms with Crippen molar-refractivity contribution in [2.45, 2.75) is 0 Å². The van der Waals surface area contributed by atoms with Crippen molar-refractivity contribution in [3.05, 3.63) is 67.0 Å². The number of ether oxygens (including phenoxy) is 1. The molecule has 1 aromatic heterocycles. The van der Waals surface area contributed by atoms with Gasteiger partial charge >= 0.3 is 0 Å². The van der Waals surface area contributed by atoms with Crippen LogP contribution < -0.4 is 4.74 Å². The molecule has 18 heavy (non-hydrogen) atoms. The van der Waals surface area contributed by atoms with Gasteiger partial charge in [0.05, 0.1) is 0 Å². The molecule has 0 saturated carbocycles. The molecule has 0 aliphatic heterocycles. The Bertz CT molecular complexity index is 601. The van der Waals surface area contributed by atoms with Crippen LogP contribution in [0.5, 0.6) is 11.5 Å². The fourth-order valence-electron chi connectivity index (χ4n) is 1.73. The lowest BCUT2D eigenvalue weighted by atomic mass is 10.2.